The third kappa shape index (κ3) is 4.24. The molecular weight excluding hydrogens is 364 g/mol. The highest BCUT2D eigenvalue weighted by Crippen LogP contribution is 2.21. The molecule has 0 spiro atoms. The summed E-state index contributed by atoms with van der Waals surface area (Å²) < 4.78 is 5.05. The fourth-order valence-corrected chi connectivity index (χ4v) is 2.96. The first-order valence-corrected chi connectivity index (χ1v) is 8.89. The van der Waals surface area contributed by atoms with E-state index in [2.05, 4.69) is 20.6 Å². The maximum atomic E-state index is 12.2. The number of anilines is 1. The zero-order chi connectivity index (χ0) is 20.3. The van der Waals surface area contributed by atoms with Crippen molar-refractivity contribution >= 4 is 17.3 Å². The molecule has 0 aromatic carbocycles. The van der Waals surface area contributed by atoms with E-state index in [9.17, 15) is 14.9 Å². The largest absolute Gasteiger partial charge is 0.323 e. The molecule has 28 heavy (non-hydrogen) atoms. The first kappa shape index (κ1) is 19.3. The van der Waals surface area contributed by atoms with E-state index in [0.29, 0.717) is 23.6 Å². The Morgan fingerprint density at radius 1 is 1.21 bits per heavy atom. The van der Waals surface area contributed by atoms with Gasteiger partial charge in [0.1, 0.15) is 11.4 Å². The Balaban J connectivity index is 1.55. The Labute approximate surface area is 161 Å². The highest BCUT2D eigenvalue weighted by atomic mass is 16.6. The molecule has 11 heteroatoms. The number of carbonyl (C=O) groups excluding carboxylic acids is 1. The Morgan fingerprint density at radius 3 is 2.61 bits per heavy atom. The molecule has 0 aliphatic carbocycles. The number of amides is 1. The van der Waals surface area contributed by atoms with Gasteiger partial charge >= 0.3 is 5.69 Å². The number of aromatic nitrogens is 6. The van der Waals surface area contributed by atoms with Crippen LogP contribution in [0.3, 0.4) is 0 Å². The molecule has 1 N–H and O–H groups in total. The van der Waals surface area contributed by atoms with Crippen LogP contribution in [0.5, 0.6) is 0 Å². The Bertz CT molecular complexity index is 1000. The van der Waals surface area contributed by atoms with Gasteiger partial charge in [-0.3, -0.25) is 29.0 Å². The van der Waals surface area contributed by atoms with Crippen molar-refractivity contribution in [2.24, 2.45) is 0 Å². The molecule has 3 rings (SSSR count). The Hall–Kier alpha value is -3.50. The van der Waals surface area contributed by atoms with Crippen LogP contribution in [0.2, 0.25) is 0 Å². The van der Waals surface area contributed by atoms with Gasteiger partial charge in [0.05, 0.1) is 36.1 Å². The number of hydrogen-bond acceptors (Lipinski definition) is 6. The van der Waals surface area contributed by atoms with E-state index in [1.165, 1.54) is 4.68 Å². The summed E-state index contributed by atoms with van der Waals surface area (Å²) in [4.78, 5) is 22.8. The van der Waals surface area contributed by atoms with Crippen LogP contribution in [0.15, 0.2) is 24.8 Å². The predicted octanol–water partition coefficient (Wildman–Crippen LogP) is 1.90. The minimum Gasteiger partial charge on any atom is -0.323 e. The van der Waals surface area contributed by atoms with Gasteiger partial charge in [-0.1, -0.05) is 0 Å². The maximum Gasteiger partial charge on any atom is 0.312 e. The topological polar surface area (TPSA) is 126 Å². The molecule has 3 aromatic rings. The lowest BCUT2D eigenvalue weighted by atomic mass is 10.3. The second kappa shape index (κ2) is 8.03. The van der Waals surface area contributed by atoms with E-state index in [0.717, 1.165) is 12.1 Å². The fourth-order valence-electron chi connectivity index (χ4n) is 2.96. The molecule has 0 radical (unpaired) electrons. The van der Waals surface area contributed by atoms with Crippen LogP contribution >= 0.6 is 0 Å². The van der Waals surface area contributed by atoms with E-state index in [1.807, 2.05) is 17.8 Å². The monoisotopic (exact) mass is 386 g/mol. The summed E-state index contributed by atoms with van der Waals surface area (Å²) in [6, 6.07) is 0. The van der Waals surface area contributed by atoms with E-state index < -0.39 is 4.92 Å². The molecule has 11 nitrogen and oxygen atoms in total. The fraction of sp³-hybridized carbons (Fsp3) is 0.412. The zero-order valence-corrected chi connectivity index (χ0v) is 16.0. The number of nitrogens with one attached hydrogen (secondary N) is 1. The van der Waals surface area contributed by atoms with Crippen LogP contribution in [0.25, 0.3) is 0 Å². The smallest absolute Gasteiger partial charge is 0.312 e. The van der Waals surface area contributed by atoms with Crippen molar-refractivity contribution < 1.29 is 9.72 Å². The SMILES string of the molecule is CCn1cc(Cn2cc(NC(=O)CCn3nc(C)c([N+](=O)[O-])c3C)cn2)cn1. The summed E-state index contributed by atoms with van der Waals surface area (Å²) in [6.45, 7) is 6.85. The molecule has 1 amide bonds. The molecule has 3 heterocycles. The number of nitro groups is 1. The van der Waals surface area contributed by atoms with Crippen LogP contribution in [-0.2, 0) is 24.4 Å². The van der Waals surface area contributed by atoms with E-state index in [4.69, 9.17) is 0 Å². The van der Waals surface area contributed by atoms with Crippen molar-refractivity contribution in [3.8, 4) is 0 Å². The maximum absolute atomic E-state index is 12.2. The lowest BCUT2D eigenvalue weighted by Crippen LogP contribution is -2.15. The number of carbonyl (C=O) groups is 1. The number of rotatable bonds is 8. The minimum atomic E-state index is -0.452. The van der Waals surface area contributed by atoms with Crippen molar-refractivity contribution in [1.29, 1.82) is 0 Å². The molecular formula is C17H22N8O3. The zero-order valence-electron chi connectivity index (χ0n) is 16.0. The van der Waals surface area contributed by atoms with Gasteiger partial charge in [-0.25, -0.2) is 0 Å². The van der Waals surface area contributed by atoms with Gasteiger partial charge in [-0.05, 0) is 20.8 Å². The predicted molar refractivity (Wildman–Crippen MR) is 101 cm³/mol. The quantitative estimate of drug-likeness (QED) is 0.465. The minimum absolute atomic E-state index is 0.00641. The first-order chi connectivity index (χ1) is 13.4. The van der Waals surface area contributed by atoms with Gasteiger partial charge in [0, 0.05) is 30.9 Å². The summed E-state index contributed by atoms with van der Waals surface area (Å²) >= 11 is 0. The summed E-state index contributed by atoms with van der Waals surface area (Å²) in [5.74, 6) is -0.214. The molecule has 0 bridgehead atoms. The molecule has 0 aliphatic rings. The van der Waals surface area contributed by atoms with Crippen molar-refractivity contribution in [3.63, 3.8) is 0 Å². The van der Waals surface area contributed by atoms with E-state index in [-0.39, 0.29) is 24.6 Å². The van der Waals surface area contributed by atoms with Gasteiger partial charge in [0.15, 0.2) is 0 Å². The van der Waals surface area contributed by atoms with Crippen LogP contribution in [0.1, 0.15) is 30.3 Å². The molecule has 0 saturated heterocycles. The summed E-state index contributed by atoms with van der Waals surface area (Å²) in [5.41, 5.74) is 2.39. The van der Waals surface area contributed by atoms with Crippen LogP contribution < -0.4 is 5.32 Å². The molecule has 3 aromatic heterocycles. The standard InChI is InChI=1S/C17H22N8O3/c1-4-22-9-14(7-18-22)10-23-11-15(8-19-23)20-16(26)5-6-24-13(3)17(25(27)28)12(2)21-24/h7-9,11H,4-6,10H2,1-3H3,(H,20,26). The van der Waals surface area contributed by atoms with Gasteiger partial charge < -0.3 is 5.32 Å². The third-order valence-electron chi connectivity index (χ3n) is 4.35. The third-order valence-corrected chi connectivity index (χ3v) is 4.35. The lowest BCUT2D eigenvalue weighted by Gasteiger charge is -2.04. The molecule has 148 valence electrons. The van der Waals surface area contributed by atoms with Gasteiger partial charge in [-0.15, -0.1) is 0 Å². The van der Waals surface area contributed by atoms with Crippen LogP contribution in [0.4, 0.5) is 11.4 Å². The average molecular weight is 386 g/mol. The van der Waals surface area contributed by atoms with Crippen molar-refractivity contribution in [3.05, 3.63) is 51.9 Å². The van der Waals surface area contributed by atoms with Crippen molar-refractivity contribution in [1.82, 2.24) is 29.3 Å². The van der Waals surface area contributed by atoms with Crippen molar-refractivity contribution in [2.45, 2.75) is 46.8 Å². The average Bonchev–Trinajstić information content (AvgIpc) is 3.33. The van der Waals surface area contributed by atoms with Gasteiger partial charge in [0.25, 0.3) is 0 Å². The van der Waals surface area contributed by atoms with Crippen LogP contribution in [0, 0.1) is 24.0 Å². The number of aryl methyl sites for hydroxylation is 3. The molecule has 0 unspecified atom stereocenters. The number of nitrogens with zero attached hydrogens (tertiary/aromatic N) is 7. The highest BCUT2D eigenvalue weighted by molar-refractivity contribution is 5.90. The van der Waals surface area contributed by atoms with Crippen molar-refractivity contribution in [2.75, 3.05) is 5.32 Å². The van der Waals surface area contributed by atoms with Gasteiger partial charge in [-0.2, -0.15) is 15.3 Å². The highest BCUT2D eigenvalue weighted by Gasteiger charge is 2.21. The number of hydrogen-bond donors (Lipinski definition) is 1. The van der Waals surface area contributed by atoms with E-state index >= 15 is 0 Å². The second-order valence-corrected chi connectivity index (χ2v) is 6.43. The summed E-state index contributed by atoms with van der Waals surface area (Å²) in [5, 5.41) is 26.4. The molecule has 0 saturated carbocycles. The van der Waals surface area contributed by atoms with Gasteiger partial charge in [0.2, 0.25) is 5.91 Å². The van der Waals surface area contributed by atoms with E-state index in [1.54, 1.807) is 37.1 Å². The molecule has 0 aliphatic heterocycles. The lowest BCUT2D eigenvalue weighted by molar-refractivity contribution is -0.386. The Kier molecular flexibility index (Phi) is 5.52. The first-order valence-electron chi connectivity index (χ1n) is 8.89. The molecule has 0 fully saturated rings. The summed E-state index contributed by atoms with van der Waals surface area (Å²) in [6.07, 6.45) is 7.21. The molecule has 0 atom stereocenters. The second-order valence-electron chi connectivity index (χ2n) is 6.43. The normalized spacial score (nSPS) is 11.0. The Morgan fingerprint density at radius 2 is 1.96 bits per heavy atom. The van der Waals surface area contributed by atoms with Crippen LogP contribution in [-0.4, -0.2) is 40.2 Å². The summed E-state index contributed by atoms with van der Waals surface area (Å²) in [7, 11) is 0.